The summed E-state index contributed by atoms with van der Waals surface area (Å²) >= 11 is 4.96. The zero-order chi connectivity index (χ0) is 12.4. The molecule has 0 bridgehead atoms. The van der Waals surface area contributed by atoms with Gasteiger partial charge in [-0.25, -0.2) is 4.79 Å². The lowest BCUT2D eigenvalue weighted by Crippen LogP contribution is -2.41. The van der Waals surface area contributed by atoms with Crippen LogP contribution in [-0.2, 0) is 4.74 Å². The molecule has 0 atom stereocenters. The van der Waals surface area contributed by atoms with Gasteiger partial charge >= 0.3 is 5.97 Å². The van der Waals surface area contributed by atoms with Gasteiger partial charge in [-0.1, -0.05) is 6.07 Å². The number of carbonyl (C=O) groups is 1. The number of nitrogens with zero attached hydrogens (tertiary/aromatic N) is 1. The normalized spacial score (nSPS) is 13.6. The highest BCUT2D eigenvalue weighted by molar-refractivity contribution is 7.80. The molecule has 6 heteroatoms. The fourth-order valence-corrected chi connectivity index (χ4v) is 1.94. The lowest BCUT2D eigenvalue weighted by atomic mass is 10.1. The van der Waals surface area contributed by atoms with E-state index in [4.69, 9.17) is 27.4 Å². The summed E-state index contributed by atoms with van der Waals surface area (Å²) < 4.78 is 10.2. The Bertz CT molecular complexity index is 476. The zero-order valence-corrected chi connectivity index (χ0v) is 10.1. The van der Waals surface area contributed by atoms with E-state index in [1.165, 1.54) is 7.11 Å². The third kappa shape index (κ3) is 2.03. The molecule has 2 N–H and O–H groups in total. The molecule has 0 fully saturated rings. The SMILES string of the molecule is COC(=O)c1cccc2c1OCCN2C(N)=S. The maximum Gasteiger partial charge on any atom is 0.341 e. The Kier molecular flexibility index (Phi) is 3.14. The Morgan fingerprint density at radius 3 is 3.00 bits per heavy atom. The molecule has 1 aliphatic rings. The van der Waals surface area contributed by atoms with Gasteiger partial charge < -0.3 is 20.1 Å². The van der Waals surface area contributed by atoms with Crippen LogP contribution in [0, 0.1) is 0 Å². The lowest BCUT2D eigenvalue weighted by Gasteiger charge is -2.30. The Balaban J connectivity index is 2.51. The molecule has 0 amide bonds. The topological polar surface area (TPSA) is 64.8 Å². The molecule has 1 heterocycles. The van der Waals surface area contributed by atoms with E-state index < -0.39 is 5.97 Å². The zero-order valence-electron chi connectivity index (χ0n) is 9.30. The molecule has 0 saturated heterocycles. The number of hydrogen-bond donors (Lipinski definition) is 1. The van der Waals surface area contributed by atoms with Crippen LogP contribution in [0.15, 0.2) is 18.2 Å². The fraction of sp³-hybridized carbons (Fsp3) is 0.273. The van der Waals surface area contributed by atoms with Crippen LogP contribution in [0.3, 0.4) is 0 Å². The second kappa shape index (κ2) is 4.58. The van der Waals surface area contributed by atoms with Gasteiger partial charge in [0.15, 0.2) is 10.9 Å². The number of nitrogens with two attached hydrogens (primary N) is 1. The van der Waals surface area contributed by atoms with Crippen LogP contribution in [0.2, 0.25) is 0 Å². The monoisotopic (exact) mass is 252 g/mol. The van der Waals surface area contributed by atoms with Crippen LogP contribution in [0.25, 0.3) is 0 Å². The van der Waals surface area contributed by atoms with E-state index in [0.29, 0.717) is 30.2 Å². The Morgan fingerprint density at radius 2 is 2.35 bits per heavy atom. The summed E-state index contributed by atoms with van der Waals surface area (Å²) in [5.41, 5.74) is 6.71. The predicted molar refractivity (Wildman–Crippen MR) is 67.4 cm³/mol. The average Bonchev–Trinajstić information content (AvgIpc) is 2.36. The summed E-state index contributed by atoms with van der Waals surface area (Å²) in [6, 6.07) is 5.19. The van der Waals surface area contributed by atoms with Gasteiger partial charge in [-0.3, -0.25) is 0 Å². The number of thiocarbonyl (C=S) groups is 1. The highest BCUT2D eigenvalue weighted by atomic mass is 32.1. The molecule has 5 nitrogen and oxygen atoms in total. The first-order valence-corrected chi connectivity index (χ1v) is 5.47. The van der Waals surface area contributed by atoms with E-state index >= 15 is 0 Å². The third-order valence-electron chi connectivity index (χ3n) is 2.52. The highest BCUT2D eigenvalue weighted by Gasteiger charge is 2.25. The maximum absolute atomic E-state index is 11.6. The van der Waals surface area contributed by atoms with Crippen molar-refractivity contribution >= 4 is 29.0 Å². The number of methoxy groups -OCH3 is 1. The van der Waals surface area contributed by atoms with Crippen molar-refractivity contribution in [2.45, 2.75) is 0 Å². The number of rotatable bonds is 1. The van der Waals surface area contributed by atoms with Crippen molar-refractivity contribution in [2.75, 3.05) is 25.2 Å². The minimum Gasteiger partial charge on any atom is -0.489 e. The molecule has 0 aliphatic carbocycles. The van der Waals surface area contributed by atoms with Crippen LogP contribution in [0.1, 0.15) is 10.4 Å². The summed E-state index contributed by atoms with van der Waals surface area (Å²) in [7, 11) is 1.33. The van der Waals surface area contributed by atoms with E-state index in [9.17, 15) is 4.79 Å². The highest BCUT2D eigenvalue weighted by Crippen LogP contribution is 2.35. The van der Waals surface area contributed by atoms with Crippen LogP contribution < -0.4 is 15.4 Å². The van der Waals surface area contributed by atoms with Gasteiger partial charge in [0, 0.05) is 0 Å². The molecular weight excluding hydrogens is 240 g/mol. The third-order valence-corrected chi connectivity index (χ3v) is 2.74. The fourth-order valence-electron chi connectivity index (χ4n) is 1.75. The number of para-hydroxylation sites is 1. The number of benzene rings is 1. The van der Waals surface area contributed by atoms with E-state index in [-0.39, 0.29) is 5.11 Å². The summed E-state index contributed by atoms with van der Waals surface area (Å²) in [5, 5.41) is 0.261. The van der Waals surface area contributed by atoms with E-state index in [0.717, 1.165) is 0 Å². The number of ether oxygens (including phenoxy) is 2. The molecule has 0 radical (unpaired) electrons. The van der Waals surface area contributed by atoms with Crippen molar-refractivity contribution < 1.29 is 14.3 Å². The predicted octanol–water partition coefficient (Wildman–Crippen LogP) is 0.916. The molecule has 2 rings (SSSR count). The minimum atomic E-state index is -0.438. The molecule has 0 unspecified atom stereocenters. The first-order chi connectivity index (χ1) is 8.15. The van der Waals surface area contributed by atoms with Gasteiger partial charge in [0.1, 0.15) is 12.2 Å². The van der Waals surface area contributed by atoms with Gasteiger partial charge in [0.25, 0.3) is 0 Å². The van der Waals surface area contributed by atoms with Gasteiger partial charge in [0.2, 0.25) is 0 Å². The second-order valence-electron chi connectivity index (χ2n) is 3.48. The molecular formula is C11H12N2O3S. The number of fused-ring (bicyclic) bond motifs is 1. The molecule has 0 aromatic heterocycles. The summed E-state index contributed by atoms with van der Waals surface area (Å²) in [6.07, 6.45) is 0. The van der Waals surface area contributed by atoms with Gasteiger partial charge in [-0.05, 0) is 24.4 Å². The molecule has 0 spiro atoms. The summed E-state index contributed by atoms with van der Waals surface area (Å²) in [4.78, 5) is 13.3. The first kappa shape index (κ1) is 11.7. The van der Waals surface area contributed by atoms with Crippen LogP contribution in [0.4, 0.5) is 5.69 Å². The first-order valence-electron chi connectivity index (χ1n) is 5.06. The second-order valence-corrected chi connectivity index (χ2v) is 3.90. The van der Waals surface area contributed by atoms with E-state index in [2.05, 4.69) is 0 Å². The van der Waals surface area contributed by atoms with Crippen molar-refractivity contribution in [3.8, 4) is 5.75 Å². The molecule has 1 aromatic carbocycles. The number of hydrogen-bond acceptors (Lipinski definition) is 4. The van der Waals surface area contributed by atoms with E-state index in [1.54, 1.807) is 23.1 Å². The van der Waals surface area contributed by atoms with Crippen molar-refractivity contribution in [3.63, 3.8) is 0 Å². The smallest absolute Gasteiger partial charge is 0.341 e. The Morgan fingerprint density at radius 1 is 1.59 bits per heavy atom. The molecule has 0 saturated carbocycles. The number of anilines is 1. The van der Waals surface area contributed by atoms with Crippen LogP contribution >= 0.6 is 12.2 Å². The molecule has 90 valence electrons. The minimum absolute atomic E-state index is 0.261. The van der Waals surface area contributed by atoms with Crippen molar-refractivity contribution in [1.29, 1.82) is 0 Å². The Labute approximate surface area is 104 Å². The van der Waals surface area contributed by atoms with Crippen molar-refractivity contribution in [2.24, 2.45) is 5.73 Å². The van der Waals surface area contributed by atoms with Gasteiger partial charge in [-0.15, -0.1) is 0 Å². The van der Waals surface area contributed by atoms with Crippen LogP contribution in [-0.4, -0.2) is 31.3 Å². The van der Waals surface area contributed by atoms with Crippen molar-refractivity contribution in [1.82, 2.24) is 0 Å². The summed E-state index contributed by atoms with van der Waals surface area (Å²) in [5.74, 6) is 0.0324. The Hall–Kier alpha value is -1.82. The van der Waals surface area contributed by atoms with E-state index in [1.807, 2.05) is 0 Å². The van der Waals surface area contributed by atoms with Crippen molar-refractivity contribution in [3.05, 3.63) is 23.8 Å². The lowest BCUT2D eigenvalue weighted by molar-refractivity contribution is 0.0596. The standard InChI is InChI=1S/C11H12N2O3S/c1-15-10(14)7-3-2-4-8-9(7)16-6-5-13(8)11(12)17/h2-4H,5-6H2,1H3,(H2,12,17). The quantitative estimate of drug-likeness (QED) is 0.592. The molecule has 1 aliphatic heterocycles. The maximum atomic E-state index is 11.6. The molecule has 17 heavy (non-hydrogen) atoms. The number of esters is 1. The molecule has 1 aromatic rings. The largest absolute Gasteiger partial charge is 0.489 e. The number of carbonyl (C=O) groups excluding carboxylic acids is 1. The van der Waals surface area contributed by atoms with Gasteiger partial charge in [0.05, 0.1) is 19.3 Å². The summed E-state index contributed by atoms with van der Waals surface area (Å²) in [6.45, 7) is 1.01. The van der Waals surface area contributed by atoms with Gasteiger partial charge in [-0.2, -0.15) is 0 Å². The average molecular weight is 252 g/mol. The van der Waals surface area contributed by atoms with Crippen LogP contribution in [0.5, 0.6) is 5.75 Å².